The molecule has 0 saturated carbocycles. The number of hydrogen-bond donors (Lipinski definition) is 16. The number of aromatic hydroxyl groups is 1. The molecule has 0 saturated heterocycles. The van der Waals surface area contributed by atoms with Gasteiger partial charge in [0.2, 0.25) is 47.3 Å². The Balaban J connectivity index is 1.37. The summed E-state index contributed by atoms with van der Waals surface area (Å²) in [4.78, 5) is 133. The molecule has 0 aliphatic rings. The zero-order valence-corrected chi connectivity index (χ0v) is 48.1. The summed E-state index contributed by atoms with van der Waals surface area (Å²) in [6.45, 7) is 1.39. The van der Waals surface area contributed by atoms with Crippen LogP contribution in [0.4, 0.5) is 16.2 Å². The number of thiol groups is 2. The smallest absolute Gasteiger partial charge is 0.316 e. The number of nitrogens with zero attached hydrogens (tertiary/aromatic N) is 1. The Labute approximate surface area is 500 Å². The van der Waals surface area contributed by atoms with E-state index in [-0.39, 0.29) is 73.7 Å². The van der Waals surface area contributed by atoms with Gasteiger partial charge in [-0.25, -0.2) is 4.79 Å². The Kier molecular flexibility index (Phi) is 25.9. The highest BCUT2D eigenvalue weighted by Gasteiger charge is 2.36. The van der Waals surface area contributed by atoms with Gasteiger partial charge in [0.25, 0.3) is 5.69 Å². The predicted octanol–water partition coefficient (Wildman–Crippen LogP) is -0.210. The van der Waals surface area contributed by atoms with Gasteiger partial charge in [-0.3, -0.25) is 48.5 Å². The van der Waals surface area contributed by atoms with Crippen LogP contribution in [0.25, 0.3) is 10.8 Å². The number of nitrogens with one attached hydrogen (secondary N) is 8. The highest BCUT2D eigenvalue weighted by atomic mass is 32.1. The number of anilines is 1. The zero-order valence-electron chi connectivity index (χ0n) is 46.3. The van der Waals surface area contributed by atoms with Crippen molar-refractivity contribution >= 4 is 101 Å². The van der Waals surface area contributed by atoms with E-state index in [1.165, 1.54) is 79.7 Å². The fraction of sp³-hybridized carbons (Fsp3) is 0.351. The molecule has 0 bridgehead atoms. The number of rotatable bonds is 32. The number of unbranched alkanes of at least 4 members (excludes halogenated alkanes) is 1. The fourth-order valence-corrected chi connectivity index (χ4v) is 9.27. The SMILES string of the molecule is C[C@@H](O)[C@H](NC(=O)[C@H](CCCCN)NC(=O)[C@@H](Cc1ccc(NC(N)=O)cc1)NC(=O)[C@H](Cc1ccc(O)cc1)NC(=O)[C@@H](CS)NC(=O)[C@H](N)Cc1ccc([N+](=O)[O-])cc1)C(=O)N[C@@H](CS)C(=O)N[C@@H](Cc1ccc2ccccc2c1)C(N)=O. The van der Waals surface area contributed by atoms with E-state index in [9.17, 15) is 63.5 Å². The molecule has 9 atom stereocenters. The van der Waals surface area contributed by atoms with Crippen molar-refractivity contribution in [3.63, 3.8) is 0 Å². The fourth-order valence-electron chi connectivity index (χ4n) is 8.75. The van der Waals surface area contributed by atoms with E-state index in [1.807, 2.05) is 36.4 Å². The molecule has 0 heterocycles. The van der Waals surface area contributed by atoms with E-state index in [0.29, 0.717) is 28.7 Å². The van der Waals surface area contributed by atoms with Crippen molar-refractivity contribution in [1.29, 1.82) is 0 Å². The molecule has 5 aromatic rings. The number of non-ortho nitro benzene ring substituents is 1. The summed E-state index contributed by atoms with van der Waals surface area (Å²) in [5.74, 6) is -8.00. The van der Waals surface area contributed by atoms with Crippen molar-refractivity contribution < 1.29 is 58.3 Å². The highest BCUT2D eigenvalue weighted by Crippen LogP contribution is 2.19. The van der Waals surface area contributed by atoms with Gasteiger partial charge in [0.15, 0.2) is 0 Å². The summed E-state index contributed by atoms with van der Waals surface area (Å²) in [7, 11) is 0. The summed E-state index contributed by atoms with van der Waals surface area (Å²) < 4.78 is 0. The van der Waals surface area contributed by atoms with Gasteiger partial charge in [-0.2, -0.15) is 25.3 Å². The van der Waals surface area contributed by atoms with E-state index in [2.05, 4.69) is 67.8 Å². The number of aliphatic hydroxyl groups excluding tert-OH is 1. The van der Waals surface area contributed by atoms with Crippen molar-refractivity contribution in [2.45, 2.75) is 106 Å². The molecule has 454 valence electrons. The second-order valence-electron chi connectivity index (χ2n) is 20.0. The Hall–Kier alpha value is -8.83. The van der Waals surface area contributed by atoms with E-state index in [4.69, 9.17) is 22.9 Å². The molecule has 18 N–H and O–H groups in total. The maximum atomic E-state index is 14.7. The lowest BCUT2D eigenvalue weighted by molar-refractivity contribution is -0.384. The molecule has 0 fully saturated rings. The number of nitro benzene ring substituents is 1. The first-order valence-corrected chi connectivity index (χ1v) is 28.2. The molecule has 85 heavy (non-hydrogen) atoms. The lowest BCUT2D eigenvalue weighted by atomic mass is 10.0. The summed E-state index contributed by atoms with van der Waals surface area (Å²) in [5, 5.41) is 54.2. The third-order valence-electron chi connectivity index (χ3n) is 13.4. The number of fused-ring (bicyclic) bond motifs is 1. The van der Waals surface area contributed by atoms with Crippen molar-refractivity contribution in [3.05, 3.63) is 148 Å². The number of primary amides is 2. The first kappa shape index (κ1) is 67.0. The van der Waals surface area contributed by atoms with Gasteiger partial charge in [-0.1, -0.05) is 78.9 Å². The zero-order chi connectivity index (χ0) is 62.3. The number of phenols is 1. The lowest BCUT2D eigenvalue weighted by Gasteiger charge is -2.28. The summed E-state index contributed by atoms with van der Waals surface area (Å²) in [6, 6.07) is 17.6. The molecule has 26 nitrogen and oxygen atoms in total. The maximum Gasteiger partial charge on any atom is 0.316 e. The molecule has 5 rings (SSSR count). The molecule has 0 aliphatic carbocycles. The number of benzene rings is 5. The monoisotopic (exact) mass is 1210 g/mol. The van der Waals surface area contributed by atoms with Crippen LogP contribution < -0.4 is 65.5 Å². The average molecular weight is 1210 g/mol. The van der Waals surface area contributed by atoms with E-state index >= 15 is 0 Å². The molecule has 10 amide bonds. The van der Waals surface area contributed by atoms with Gasteiger partial charge in [0.05, 0.1) is 17.1 Å². The number of hydrogen-bond acceptors (Lipinski definition) is 17. The van der Waals surface area contributed by atoms with Gasteiger partial charge in [0.1, 0.15) is 48.0 Å². The number of phenolic OH excluding ortho intramolecular Hbond substituents is 1. The van der Waals surface area contributed by atoms with Crippen LogP contribution in [-0.4, -0.2) is 141 Å². The third kappa shape index (κ3) is 21.1. The number of aliphatic hydroxyl groups is 1. The van der Waals surface area contributed by atoms with Gasteiger partial charge >= 0.3 is 6.03 Å². The summed E-state index contributed by atoms with van der Waals surface area (Å²) in [5.41, 5.74) is 25.1. The van der Waals surface area contributed by atoms with Crippen LogP contribution in [-0.2, 0) is 64.0 Å². The molecule has 0 aliphatic heterocycles. The van der Waals surface area contributed by atoms with E-state index < -0.39 is 113 Å². The molecule has 0 aromatic heterocycles. The number of carbonyl (C=O) groups is 9. The molecular weight excluding hydrogens is 1140 g/mol. The molecule has 0 spiro atoms. The maximum absolute atomic E-state index is 14.7. The first-order valence-electron chi connectivity index (χ1n) is 26.9. The minimum atomic E-state index is -1.75. The van der Waals surface area contributed by atoms with Crippen molar-refractivity contribution in [2.24, 2.45) is 22.9 Å². The van der Waals surface area contributed by atoms with Crippen molar-refractivity contribution in [1.82, 2.24) is 37.2 Å². The van der Waals surface area contributed by atoms with Crippen molar-refractivity contribution in [3.8, 4) is 5.75 Å². The van der Waals surface area contributed by atoms with Crippen LogP contribution in [0, 0.1) is 10.1 Å². The Bertz CT molecular complexity index is 3160. The van der Waals surface area contributed by atoms with Gasteiger partial charge in [-0.05, 0) is 96.4 Å². The number of carbonyl (C=O) groups excluding carboxylic acids is 9. The standard InChI is InChI=1S/C57H71N13O13S2/c1-31(71)48(56(80)68-47(30-85)54(78)64-43(49(60)73)28-35-9-16-36-6-2-3-7-37(36)24-35)69-51(75)42(8-4-5-23-58)63-52(76)44(26-33-10-17-38(18-11-33)62-57(61)81)65-53(77)45(27-34-14-21-40(72)22-15-34)66-55(79)46(29-84)67-50(74)41(59)25-32-12-19-39(20-13-32)70(82)83/h2-3,6-7,9-22,24,31,41-48,71-72,84-85H,4-5,8,23,25-30,58-59H2,1H3,(H2,60,73)(H,63,76)(H,64,78)(H,65,77)(H,66,79)(H,67,74)(H,68,80)(H,69,75)(H3,61,62,81)/t31-,41-,42+,43+,44-,45+,46-,47+,48+/m1/s1. The van der Waals surface area contributed by atoms with Crippen molar-refractivity contribution in [2.75, 3.05) is 23.4 Å². The molecule has 0 unspecified atom stereocenters. The number of nitrogens with two attached hydrogens (primary N) is 4. The van der Waals surface area contributed by atoms with Crippen LogP contribution in [0.2, 0.25) is 0 Å². The number of urea groups is 1. The molecular formula is C57H71N13O13S2. The normalized spacial score (nSPS) is 14.2. The Morgan fingerprint density at radius 3 is 1.51 bits per heavy atom. The largest absolute Gasteiger partial charge is 0.508 e. The number of nitro groups is 1. The second kappa shape index (κ2) is 32.9. The summed E-state index contributed by atoms with van der Waals surface area (Å²) in [6.07, 6.45) is -1.65. The lowest BCUT2D eigenvalue weighted by Crippen LogP contribution is -2.62. The Morgan fingerprint density at radius 1 is 0.541 bits per heavy atom. The molecule has 28 heteroatoms. The van der Waals surface area contributed by atoms with Crippen LogP contribution in [0.5, 0.6) is 5.75 Å². The minimum absolute atomic E-state index is 0.0103. The van der Waals surface area contributed by atoms with Crippen LogP contribution >= 0.6 is 25.3 Å². The Morgan fingerprint density at radius 2 is 0.988 bits per heavy atom. The second-order valence-corrected chi connectivity index (χ2v) is 20.8. The average Bonchev–Trinajstić information content (AvgIpc) is 3.56. The van der Waals surface area contributed by atoms with Crippen LogP contribution in [0.15, 0.2) is 115 Å². The predicted molar refractivity (Wildman–Crippen MR) is 323 cm³/mol. The minimum Gasteiger partial charge on any atom is -0.508 e. The van der Waals surface area contributed by atoms with Crippen LogP contribution in [0.3, 0.4) is 0 Å². The van der Waals surface area contributed by atoms with E-state index in [1.54, 1.807) is 6.07 Å². The molecule has 5 aromatic carbocycles. The van der Waals surface area contributed by atoms with Gasteiger partial charge in [0, 0.05) is 48.6 Å². The summed E-state index contributed by atoms with van der Waals surface area (Å²) >= 11 is 8.50. The van der Waals surface area contributed by atoms with Gasteiger partial charge in [-0.15, -0.1) is 0 Å². The molecule has 0 radical (unpaired) electrons. The third-order valence-corrected chi connectivity index (χ3v) is 14.2. The highest BCUT2D eigenvalue weighted by molar-refractivity contribution is 7.80. The first-order chi connectivity index (χ1) is 40.5. The van der Waals surface area contributed by atoms with Crippen LogP contribution in [0.1, 0.15) is 48.4 Å². The number of amides is 10. The van der Waals surface area contributed by atoms with E-state index in [0.717, 1.165) is 10.8 Å². The topological polar surface area (TPSA) is 438 Å². The quantitative estimate of drug-likeness (QED) is 0.0115. The van der Waals surface area contributed by atoms with Gasteiger partial charge < -0.3 is 75.7 Å².